The second-order valence-corrected chi connectivity index (χ2v) is 11.4. The van der Waals surface area contributed by atoms with Gasteiger partial charge in [-0.25, -0.2) is 4.79 Å². The first-order chi connectivity index (χ1) is 21.1. The number of halogens is 5. The summed E-state index contributed by atoms with van der Waals surface area (Å²) in [6.45, 7) is 4.42. The number of hydrogen-bond acceptors (Lipinski definition) is 8. The number of nitrogens with two attached hydrogens (primary N) is 1. The fraction of sp³-hybridized carbons (Fsp3) is 0.290. The summed E-state index contributed by atoms with van der Waals surface area (Å²) < 4.78 is 28.5. The Morgan fingerprint density at radius 1 is 0.909 bits per heavy atom. The van der Waals surface area contributed by atoms with Crippen molar-refractivity contribution in [2.75, 3.05) is 19.8 Å². The third kappa shape index (κ3) is 7.36. The van der Waals surface area contributed by atoms with Crippen molar-refractivity contribution in [3.63, 3.8) is 0 Å². The molecule has 0 saturated carbocycles. The van der Waals surface area contributed by atoms with Gasteiger partial charge < -0.3 is 29.4 Å². The monoisotopic (exact) mass is 698 g/mol. The number of allylic oxidation sites excluding steroid dienone is 1. The summed E-state index contributed by atoms with van der Waals surface area (Å²) in [5, 5.41) is 9.58. The second kappa shape index (κ2) is 15.2. The largest absolute Gasteiger partial charge is 0.490 e. The van der Waals surface area contributed by atoms with Crippen LogP contribution in [-0.4, -0.2) is 25.8 Å². The van der Waals surface area contributed by atoms with E-state index in [0.29, 0.717) is 36.0 Å². The number of ether oxygens (including phenoxy) is 5. The van der Waals surface area contributed by atoms with Crippen LogP contribution in [0, 0.1) is 11.3 Å². The Hall–Kier alpha value is -3.19. The molecule has 2 N–H and O–H groups in total. The lowest BCUT2D eigenvalue weighted by Crippen LogP contribution is -2.22. The Morgan fingerprint density at radius 3 is 2.27 bits per heavy atom. The predicted molar refractivity (Wildman–Crippen MR) is 171 cm³/mol. The first-order valence-corrected chi connectivity index (χ1v) is 15.5. The van der Waals surface area contributed by atoms with Crippen molar-refractivity contribution >= 4 is 64.0 Å². The van der Waals surface area contributed by atoms with Crippen LogP contribution in [0.3, 0.4) is 0 Å². The number of nitrogens with zero attached hydrogens (tertiary/aromatic N) is 1. The van der Waals surface area contributed by atoms with Gasteiger partial charge in [0.1, 0.15) is 33.2 Å². The quantitative estimate of drug-likeness (QED) is 0.0655. The van der Waals surface area contributed by atoms with Crippen LogP contribution in [0.5, 0.6) is 28.7 Å². The van der Waals surface area contributed by atoms with Crippen LogP contribution in [-0.2, 0) is 4.79 Å². The summed E-state index contributed by atoms with van der Waals surface area (Å²) in [5.41, 5.74) is 7.78. The molecule has 1 aliphatic heterocycles. The van der Waals surface area contributed by atoms with Gasteiger partial charge in [0.05, 0.1) is 34.2 Å². The van der Waals surface area contributed by atoms with E-state index in [9.17, 15) is 10.1 Å². The molecule has 0 amide bonds. The minimum Gasteiger partial charge on any atom is -0.490 e. The molecule has 0 saturated heterocycles. The molecule has 1 unspecified atom stereocenters. The van der Waals surface area contributed by atoms with Gasteiger partial charge in [-0.05, 0) is 37.1 Å². The van der Waals surface area contributed by atoms with Crippen LogP contribution in [0.1, 0.15) is 50.2 Å². The highest BCUT2D eigenvalue weighted by Crippen LogP contribution is 2.48. The maximum atomic E-state index is 12.6. The average molecular weight is 701 g/mol. The highest BCUT2D eigenvalue weighted by atomic mass is 35.5. The highest BCUT2D eigenvalue weighted by molar-refractivity contribution is 6.55. The fourth-order valence-corrected chi connectivity index (χ4v) is 5.70. The van der Waals surface area contributed by atoms with E-state index in [1.54, 1.807) is 12.1 Å². The molecule has 44 heavy (non-hydrogen) atoms. The summed E-state index contributed by atoms with van der Waals surface area (Å²) in [4.78, 5) is 12.6. The number of benzene rings is 3. The number of carbonyl (C=O) groups excluding carboxylic acids is 1. The van der Waals surface area contributed by atoms with E-state index in [4.69, 9.17) is 87.4 Å². The molecule has 3 aromatic rings. The first kappa shape index (κ1) is 33.7. The highest BCUT2D eigenvalue weighted by Gasteiger charge is 2.32. The lowest BCUT2D eigenvalue weighted by atomic mass is 9.83. The molecule has 0 spiro atoms. The molecule has 13 heteroatoms. The molecule has 0 fully saturated rings. The van der Waals surface area contributed by atoms with Gasteiger partial charge in [-0.2, -0.15) is 5.26 Å². The van der Waals surface area contributed by atoms with E-state index in [2.05, 4.69) is 13.0 Å². The molecule has 232 valence electrons. The number of esters is 1. The van der Waals surface area contributed by atoms with Crippen molar-refractivity contribution in [2.24, 2.45) is 5.73 Å². The third-order valence-corrected chi connectivity index (χ3v) is 8.77. The SMILES string of the molecule is CCCCCOc1ccc(C2C(C#N)=C(N)Oc3cc(OC(=O)COc4c(Cl)c(Cl)c(Cl)c(Cl)c4Cl)ccc32)cc1OCC. The van der Waals surface area contributed by atoms with Gasteiger partial charge in [-0.3, -0.25) is 0 Å². The van der Waals surface area contributed by atoms with Gasteiger partial charge >= 0.3 is 5.97 Å². The van der Waals surface area contributed by atoms with Gasteiger partial charge in [0.2, 0.25) is 5.88 Å². The predicted octanol–water partition coefficient (Wildman–Crippen LogP) is 9.12. The summed E-state index contributed by atoms with van der Waals surface area (Å²) in [7, 11) is 0. The fourth-order valence-electron chi connectivity index (χ4n) is 4.47. The Morgan fingerprint density at radius 2 is 1.61 bits per heavy atom. The third-order valence-electron chi connectivity index (χ3n) is 6.53. The number of nitriles is 1. The van der Waals surface area contributed by atoms with Crippen molar-refractivity contribution in [1.82, 2.24) is 0 Å². The van der Waals surface area contributed by atoms with Gasteiger partial charge in [0, 0.05) is 11.6 Å². The zero-order valence-electron chi connectivity index (χ0n) is 23.6. The standard InChI is InChI=1S/C31H27Cl5N2O6/c1-3-5-6-11-41-20-10-7-16(12-22(20)40-4-2)24-18-9-8-17(13-21(18)44-31(38)19(24)14-37)43-23(39)15-42-30-28(35)26(33)25(32)27(34)29(30)36/h7-10,12-13,24H,3-6,11,15,38H2,1-2H3. The van der Waals surface area contributed by atoms with Crippen molar-refractivity contribution < 1.29 is 28.5 Å². The molecule has 3 aromatic carbocycles. The molecule has 1 atom stereocenters. The first-order valence-electron chi connectivity index (χ1n) is 13.6. The minimum absolute atomic E-state index is 0.0423. The van der Waals surface area contributed by atoms with Crippen LogP contribution >= 0.6 is 58.0 Å². The number of fused-ring (bicyclic) bond motifs is 1. The van der Waals surface area contributed by atoms with Gasteiger partial charge in [0.25, 0.3) is 0 Å². The van der Waals surface area contributed by atoms with Gasteiger partial charge in [-0.15, -0.1) is 0 Å². The van der Waals surface area contributed by atoms with E-state index >= 15 is 0 Å². The van der Waals surface area contributed by atoms with E-state index in [-0.39, 0.29) is 48.1 Å². The molecular weight excluding hydrogens is 674 g/mol. The van der Waals surface area contributed by atoms with Crippen LogP contribution in [0.2, 0.25) is 25.1 Å². The van der Waals surface area contributed by atoms with Crippen LogP contribution in [0.4, 0.5) is 0 Å². The van der Waals surface area contributed by atoms with E-state index in [1.807, 2.05) is 25.1 Å². The van der Waals surface area contributed by atoms with E-state index in [1.165, 1.54) is 6.07 Å². The molecule has 0 aromatic heterocycles. The Kier molecular flexibility index (Phi) is 11.6. The summed E-state index contributed by atoms with van der Waals surface area (Å²) in [5.74, 6) is 0.0570. The lowest BCUT2D eigenvalue weighted by Gasteiger charge is -2.27. The van der Waals surface area contributed by atoms with Crippen molar-refractivity contribution in [3.8, 4) is 34.8 Å². The van der Waals surface area contributed by atoms with Crippen LogP contribution in [0.15, 0.2) is 47.9 Å². The normalized spacial score (nSPS) is 13.9. The van der Waals surface area contributed by atoms with Crippen molar-refractivity contribution in [2.45, 2.75) is 39.0 Å². The van der Waals surface area contributed by atoms with E-state index < -0.39 is 18.5 Å². The smallest absolute Gasteiger partial charge is 0.349 e. The topological polar surface area (TPSA) is 113 Å². The summed E-state index contributed by atoms with van der Waals surface area (Å²) in [6, 6.07) is 12.4. The lowest BCUT2D eigenvalue weighted by molar-refractivity contribution is -0.136. The molecule has 0 aliphatic carbocycles. The molecule has 0 radical (unpaired) electrons. The van der Waals surface area contributed by atoms with E-state index in [0.717, 1.165) is 24.8 Å². The average Bonchev–Trinajstić information content (AvgIpc) is 3.01. The maximum Gasteiger partial charge on any atom is 0.349 e. The molecule has 1 heterocycles. The second-order valence-electron chi connectivity index (χ2n) is 9.48. The van der Waals surface area contributed by atoms with Crippen molar-refractivity contribution in [3.05, 3.63) is 84.1 Å². The number of hydrogen-bond donors (Lipinski definition) is 1. The zero-order chi connectivity index (χ0) is 32.0. The number of unbranched alkanes of at least 4 members (excludes halogenated alkanes) is 2. The number of carbonyl (C=O) groups is 1. The van der Waals surface area contributed by atoms with Crippen molar-refractivity contribution in [1.29, 1.82) is 5.26 Å². The summed E-state index contributed by atoms with van der Waals surface area (Å²) >= 11 is 30.4. The molecular formula is C31H27Cl5N2O6. The van der Waals surface area contributed by atoms with Crippen LogP contribution in [0.25, 0.3) is 0 Å². The van der Waals surface area contributed by atoms with Crippen LogP contribution < -0.4 is 29.4 Å². The zero-order valence-corrected chi connectivity index (χ0v) is 27.4. The molecule has 0 bridgehead atoms. The van der Waals surface area contributed by atoms with Gasteiger partial charge in [-0.1, -0.05) is 89.9 Å². The molecule has 8 nitrogen and oxygen atoms in total. The molecule has 4 rings (SSSR count). The Balaban J connectivity index is 1.56. The minimum atomic E-state index is -0.788. The Bertz CT molecular complexity index is 1610. The van der Waals surface area contributed by atoms with Gasteiger partial charge in [0.15, 0.2) is 23.9 Å². The maximum absolute atomic E-state index is 12.6. The summed E-state index contributed by atoms with van der Waals surface area (Å²) in [6.07, 6.45) is 3.08. The number of rotatable bonds is 12. The molecule has 1 aliphatic rings. The Labute approximate surface area is 280 Å².